The van der Waals surface area contributed by atoms with Gasteiger partial charge in [-0.05, 0) is 31.6 Å². The van der Waals surface area contributed by atoms with E-state index >= 15 is 0 Å². The van der Waals surface area contributed by atoms with Crippen LogP contribution in [-0.4, -0.2) is 48.2 Å². The summed E-state index contributed by atoms with van der Waals surface area (Å²) in [6.07, 6.45) is 3.39. The molecule has 2 aliphatic carbocycles. The van der Waals surface area contributed by atoms with Crippen molar-refractivity contribution in [3.05, 3.63) is 0 Å². The van der Waals surface area contributed by atoms with Crippen molar-refractivity contribution < 1.29 is 19.4 Å². The second-order valence-corrected chi connectivity index (χ2v) is 5.88. The Morgan fingerprint density at radius 2 is 1.89 bits per heavy atom. The topological polar surface area (TPSA) is 66.8 Å². The van der Waals surface area contributed by atoms with E-state index in [1.165, 1.54) is 0 Å². The normalized spacial score (nSPS) is 30.3. The summed E-state index contributed by atoms with van der Waals surface area (Å²) < 4.78 is 5.05. The molecule has 1 N–H and O–H groups in total. The molecular formula is C14H23NO4. The van der Waals surface area contributed by atoms with Crippen molar-refractivity contribution in [2.45, 2.75) is 38.6 Å². The maximum Gasteiger partial charge on any atom is 0.307 e. The Morgan fingerprint density at radius 1 is 1.26 bits per heavy atom. The van der Waals surface area contributed by atoms with E-state index in [-0.39, 0.29) is 11.8 Å². The van der Waals surface area contributed by atoms with Crippen LogP contribution in [0.5, 0.6) is 0 Å². The summed E-state index contributed by atoms with van der Waals surface area (Å²) >= 11 is 0. The Balaban J connectivity index is 2.05. The zero-order chi connectivity index (χ0) is 14.0. The van der Waals surface area contributed by atoms with Crippen LogP contribution in [0.1, 0.15) is 32.6 Å². The molecule has 0 aromatic rings. The van der Waals surface area contributed by atoms with E-state index in [0.717, 1.165) is 12.8 Å². The fraction of sp³-hybridized carbons (Fsp3) is 0.857. The molecule has 0 spiro atoms. The average Bonchev–Trinajstić information content (AvgIpc) is 3.11. The van der Waals surface area contributed by atoms with Gasteiger partial charge in [0.15, 0.2) is 0 Å². The van der Waals surface area contributed by atoms with Gasteiger partial charge in [0.1, 0.15) is 0 Å². The first-order valence-electron chi connectivity index (χ1n) is 7.06. The highest BCUT2D eigenvalue weighted by atomic mass is 16.5. The Labute approximate surface area is 113 Å². The molecule has 0 aromatic carbocycles. The summed E-state index contributed by atoms with van der Waals surface area (Å²) in [7, 11) is 1.62. The van der Waals surface area contributed by atoms with Gasteiger partial charge in [-0.2, -0.15) is 0 Å². The van der Waals surface area contributed by atoms with Crippen LogP contribution in [0, 0.1) is 17.8 Å². The Hall–Kier alpha value is -1.10. The van der Waals surface area contributed by atoms with Gasteiger partial charge in [-0.1, -0.05) is 6.92 Å². The molecule has 0 saturated heterocycles. The van der Waals surface area contributed by atoms with Crippen LogP contribution in [0.3, 0.4) is 0 Å². The first-order chi connectivity index (χ1) is 9.04. The molecule has 5 nitrogen and oxygen atoms in total. The summed E-state index contributed by atoms with van der Waals surface area (Å²) in [6.45, 7) is 3.12. The number of hydrogen-bond donors (Lipinski definition) is 1. The molecule has 0 heterocycles. The zero-order valence-corrected chi connectivity index (χ0v) is 11.7. The molecule has 1 amide bonds. The monoisotopic (exact) mass is 269 g/mol. The minimum absolute atomic E-state index is 0.0244. The van der Waals surface area contributed by atoms with Crippen LogP contribution in [0.2, 0.25) is 0 Å². The molecular weight excluding hydrogens is 246 g/mol. The zero-order valence-electron chi connectivity index (χ0n) is 11.7. The van der Waals surface area contributed by atoms with E-state index in [1.54, 1.807) is 7.11 Å². The third-order valence-electron chi connectivity index (χ3n) is 4.24. The predicted octanol–water partition coefficient (Wildman–Crippen LogP) is 1.37. The highest BCUT2D eigenvalue weighted by molar-refractivity contribution is 5.85. The lowest BCUT2D eigenvalue weighted by atomic mass is 9.94. The minimum atomic E-state index is -0.829. The van der Waals surface area contributed by atoms with Crippen molar-refractivity contribution in [3.8, 4) is 0 Å². The third kappa shape index (κ3) is 3.26. The quantitative estimate of drug-likeness (QED) is 0.791. The summed E-state index contributed by atoms with van der Waals surface area (Å²) in [5.41, 5.74) is 0. The van der Waals surface area contributed by atoms with Gasteiger partial charge in [0.2, 0.25) is 5.91 Å². The van der Waals surface area contributed by atoms with Gasteiger partial charge in [-0.15, -0.1) is 0 Å². The van der Waals surface area contributed by atoms with Crippen LogP contribution in [0.4, 0.5) is 0 Å². The van der Waals surface area contributed by atoms with Gasteiger partial charge in [-0.25, -0.2) is 0 Å². The molecule has 2 rings (SSSR count). The number of nitrogens with zero attached hydrogens (tertiary/aromatic N) is 1. The Morgan fingerprint density at radius 3 is 2.42 bits per heavy atom. The average molecular weight is 269 g/mol. The van der Waals surface area contributed by atoms with Crippen LogP contribution in [-0.2, 0) is 14.3 Å². The van der Waals surface area contributed by atoms with E-state index in [9.17, 15) is 14.7 Å². The Bertz CT molecular complexity index is 353. The molecule has 0 aromatic heterocycles. The number of carbonyl (C=O) groups is 2. The minimum Gasteiger partial charge on any atom is -0.481 e. The van der Waals surface area contributed by atoms with Crippen LogP contribution < -0.4 is 0 Å². The Kier molecular flexibility index (Phi) is 4.45. The maximum absolute atomic E-state index is 12.6. The molecule has 108 valence electrons. The second-order valence-electron chi connectivity index (χ2n) is 5.88. The van der Waals surface area contributed by atoms with E-state index in [2.05, 4.69) is 0 Å². The van der Waals surface area contributed by atoms with Crippen molar-refractivity contribution in [1.29, 1.82) is 0 Å². The summed E-state index contributed by atoms with van der Waals surface area (Å²) in [4.78, 5) is 25.7. The number of methoxy groups -OCH3 is 1. The summed E-state index contributed by atoms with van der Waals surface area (Å²) in [6, 6.07) is 0.313. The van der Waals surface area contributed by atoms with Gasteiger partial charge >= 0.3 is 5.97 Å². The standard InChI is InChI=1S/C14H23NO4/c1-9-7-11(12(8-9)14(17)18)13(16)15(5-6-19-2)10-3-4-10/h9-12H,3-8H2,1-2H3,(H,17,18)/t9?,11-,12+/m0/s1. The molecule has 0 radical (unpaired) electrons. The van der Waals surface area contributed by atoms with Crippen LogP contribution in [0.25, 0.3) is 0 Å². The number of carboxylic acids is 1. The van der Waals surface area contributed by atoms with Gasteiger partial charge in [0.25, 0.3) is 0 Å². The number of carboxylic acid groups (broad SMARTS) is 1. The van der Waals surface area contributed by atoms with Crippen molar-refractivity contribution >= 4 is 11.9 Å². The lowest BCUT2D eigenvalue weighted by Crippen LogP contribution is -2.42. The smallest absolute Gasteiger partial charge is 0.307 e. The highest BCUT2D eigenvalue weighted by Gasteiger charge is 2.45. The lowest BCUT2D eigenvalue weighted by molar-refractivity contribution is -0.149. The first kappa shape index (κ1) is 14.3. The van der Waals surface area contributed by atoms with Crippen molar-refractivity contribution in [1.82, 2.24) is 4.90 Å². The molecule has 2 aliphatic rings. The number of ether oxygens (including phenoxy) is 1. The summed E-state index contributed by atoms with van der Waals surface area (Å²) in [5.74, 6) is -1.34. The predicted molar refractivity (Wildman–Crippen MR) is 69.6 cm³/mol. The van der Waals surface area contributed by atoms with Gasteiger partial charge in [-0.3, -0.25) is 9.59 Å². The number of amides is 1. The van der Waals surface area contributed by atoms with E-state index in [1.807, 2.05) is 11.8 Å². The molecule has 19 heavy (non-hydrogen) atoms. The van der Waals surface area contributed by atoms with Crippen LogP contribution in [0.15, 0.2) is 0 Å². The second kappa shape index (κ2) is 5.90. The van der Waals surface area contributed by atoms with Crippen LogP contribution >= 0.6 is 0 Å². The number of carbonyl (C=O) groups excluding carboxylic acids is 1. The van der Waals surface area contributed by atoms with Crippen molar-refractivity contribution in [2.24, 2.45) is 17.8 Å². The highest BCUT2D eigenvalue weighted by Crippen LogP contribution is 2.39. The van der Waals surface area contributed by atoms with Crippen molar-refractivity contribution in [3.63, 3.8) is 0 Å². The fourth-order valence-electron chi connectivity index (χ4n) is 3.10. The molecule has 0 aliphatic heterocycles. The summed E-state index contributed by atoms with van der Waals surface area (Å²) in [5, 5.41) is 9.27. The molecule has 0 bridgehead atoms. The molecule has 2 saturated carbocycles. The van der Waals surface area contributed by atoms with E-state index < -0.39 is 11.9 Å². The molecule has 5 heteroatoms. The molecule has 1 unspecified atom stereocenters. The lowest BCUT2D eigenvalue weighted by Gasteiger charge is -2.27. The van der Waals surface area contributed by atoms with E-state index in [4.69, 9.17) is 4.74 Å². The SMILES string of the molecule is COCCN(C(=O)[C@H]1CC(C)C[C@H]1C(=O)O)C1CC1. The van der Waals surface area contributed by atoms with E-state index in [0.29, 0.717) is 38.0 Å². The molecule has 3 atom stereocenters. The van der Waals surface area contributed by atoms with Gasteiger partial charge < -0.3 is 14.7 Å². The number of hydrogen-bond acceptors (Lipinski definition) is 3. The fourth-order valence-corrected chi connectivity index (χ4v) is 3.10. The molecule has 2 fully saturated rings. The number of aliphatic carboxylic acids is 1. The largest absolute Gasteiger partial charge is 0.481 e. The third-order valence-corrected chi connectivity index (χ3v) is 4.24. The first-order valence-corrected chi connectivity index (χ1v) is 7.06. The van der Waals surface area contributed by atoms with Crippen molar-refractivity contribution in [2.75, 3.05) is 20.3 Å². The maximum atomic E-state index is 12.6. The van der Waals surface area contributed by atoms with Gasteiger partial charge in [0, 0.05) is 19.7 Å². The van der Waals surface area contributed by atoms with Gasteiger partial charge in [0.05, 0.1) is 18.4 Å². The number of rotatable bonds is 6.